The third-order valence-corrected chi connectivity index (χ3v) is 2.53. The molecule has 0 aliphatic rings. The van der Waals surface area contributed by atoms with Crippen LogP contribution in [-0.2, 0) is 10.1 Å². The minimum absolute atomic E-state index is 0. The van der Waals surface area contributed by atoms with Crippen LogP contribution < -0.4 is 40.8 Å². The maximum atomic E-state index is 10.5. The molecule has 0 aliphatic heterocycles. The van der Waals surface area contributed by atoms with Crippen LogP contribution in [0.3, 0.4) is 0 Å². The van der Waals surface area contributed by atoms with Gasteiger partial charge in [-0.15, -0.1) is 0 Å². The van der Waals surface area contributed by atoms with E-state index in [-0.39, 0.29) is 39.5 Å². The van der Waals surface area contributed by atoms with E-state index in [1.54, 1.807) is 0 Å². The first-order valence-corrected chi connectivity index (χ1v) is 4.96. The Morgan fingerprint density at radius 3 is 2.36 bits per heavy atom. The van der Waals surface area contributed by atoms with E-state index in [0.717, 1.165) is 12.1 Å². The van der Waals surface area contributed by atoms with E-state index in [1.165, 1.54) is 6.07 Å². The first-order valence-electron chi connectivity index (χ1n) is 3.17. The van der Waals surface area contributed by atoms with E-state index in [4.69, 9.17) is 17.4 Å². The second-order valence-corrected chi connectivity index (χ2v) is 4.03. The van der Waals surface area contributed by atoms with Gasteiger partial charge in [0, 0.05) is 0 Å². The summed E-state index contributed by atoms with van der Waals surface area (Å²) in [7, 11) is -4.45. The van der Waals surface area contributed by atoms with Crippen LogP contribution in [0.5, 0.6) is 0 Å². The molecule has 0 spiro atoms. The van der Waals surface area contributed by atoms with Crippen molar-refractivity contribution >= 4 is 27.4 Å². The second kappa shape index (κ2) is 5.32. The van der Waals surface area contributed by atoms with Gasteiger partial charge in [0.1, 0.15) is 10.1 Å². The number of halogens is 1. The van der Waals surface area contributed by atoms with Gasteiger partial charge in [0.05, 0.1) is 15.6 Å². The third kappa shape index (κ3) is 3.39. The molecule has 0 fully saturated rings. The zero-order valence-corrected chi connectivity index (χ0v) is 10.9. The molecule has 1 rings (SSSR count). The molecule has 1 aromatic rings. The maximum Gasteiger partial charge on any atom is 1.00 e. The molecule has 14 heavy (non-hydrogen) atoms. The monoisotopic (exact) mass is 244 g/mol. The van der Waals surface area contributed by atoms with Crippen molar-refractivity contribution in [2.45, 2.75) is 4.90 Å². The molecule has 0 atom stereocenters. The van der Waals surface area contributed by atoms with Crippen molar-refractivity contribution in [3.05, 3.63) is 23.2 Å². The normalized spacial score (nSPS) is 10.5. The summed E-state index contributed by atoms with van der Waals surface area (Å²) in [5.41, 5.74) is 2.60. The molecule has 0 unspecified atom stereocenters. The van der Waals surface area contributed by atoms with Crippen molar-refractivity contribution in [3.8, 4) is 0 Å². The largest absolute Gasteiger partial charge is 1.00 e. The van der Waals surface area contributed by atoms with Crippen molar-refractivity contribution in [2.24, 2.45) is 5.84 Å². The molecule has 0 bridgehead atoms. The van der Waals surface area contributed by atoms with Gasteiger partial charge >= 0.3 is 29.6 Å². The van der Waals surface area contributed by atoms with E-state index in [2.05, 4.69) is 5.43 Å². The van der Waals surface area contributed by atoms with Gasteiger partial charge in [0.2, 0.25) is 0 Å². The summed E-state index contributed by atoms with van der Waals surface area (Å²) < 4.78 is 31.6. The number of benzene rings is 1. The minimum atomic E-state index is -4.45. The van der Waals surface area contributed by atoms with Gasteiger partial charge in [-0.2, -0.15) is 0 Å². The Balaban J connectivity index is 0.00000169. The average molecular weight is 245 g/mol. The fourth-order valence-electron chi connectivity index (χ4n) is 0.768. The average Bonchev–Trinajstić information content (AvgIpc) is 2.02. The summed E-state index contributed by atoms with van der Waals surface area (Å²) in [5.74, 6) is 5.05. The smallest absolute Gasteiger partial charge is 0.744 e. The fourth-order valence-corrected chi connectivity index (χ4v) is 1.57. The van der Waals surface area contributed by atoms with E-state index in [9.17, 15) is 13.0 Å². The summed E-state index contributed by atoms with van der Waals surface area (Å²) in [6.45, 7) is 0. The van der Waals surface area contributed by atoms with Crippen LogP contribution in [0.1, 0.15) is 0 Å². The molecule has 8 heteroatoms. The molecule has 0 saturated carbocycles. The van der Waals surface area contributed by atoms with Gasteiger partial charge in [-0.1, -0.05) is 11.6 Å². The molecular weight excluding hydrogens is 239 g/mol. The first-order chi connectivity index (χ1) is 5.95. The zero-order chi connectivity index (χ0) is 10.1. The molecule has 3 N–H and O–H groups in total. The molecule has 0 heterocycles. The Bertz CT molecular complexity index is 423. The Morgan fingerprint density at radius 1 is 1.43 bits per heavy atom. The van der Waals surface area contributed by atoms with Gasteiger partial charge in [-0.3, -0.25) is 5.84 Å². The summed E-state index contributed by atoms with van der Waals surface area (Å²) in [4.78, 5) is -0.378. The number of anilines is 1. The van der Waals surface area contributed by atoms with Crippen molar-refractivity contribution in [1.29, 1.82) is 0 Å². The zero-order valence-electron chi connectivity index (χ0n) is 7.32. The molecule has 0 aliphatic carbocycles. The molecular formula is C6H6ClN2NaO3S. The number of nitrogens with two attached hydrogens (primary N) is 1. The number of hydrogen-bond donors (Lipinski definition) is 2. The number of nitrogen functional groups attached to an aromatic ring is 1. The predicted molar refractivity (Wildman–Crippen MR) is 47.2 cm³/mol. The standard InChI is InChI=1S/C6H7ClN2O3S.Na/c7-5-3-4(13(10,11)12)1-2-6(5)9-8;/h1-3,9H,8H2,(H,10,11,12);/q;+1/p-1. The Kier molecular flexibility index (Phi) is 5.38. The van der Waals surface area contributed by atoms with E-state index >= 15 is 0 Å². The van der Waals surface area contributed by atoms with Crippen LogP contribution >= 0.6 is 11.6 Å². The van der Waals surface area contributed by atoms with Crippen LogP contribution in [0.25, 0.3) is 0 Å². The predicted octanol–water partition coefficient (Wildman–Crippen LogP) is -2.47. The SMILES string of the molecule is NNc1ccc(S(=O)(=O)[O-])cc1Cl.[Na+]. The van der Waals surface area contributed by atoms with E-state index in [0.29, 0.717) is 5.69 Å². The summed E-state index contributed by atoms with van der Waals surface area (Å²) >= 11 is 5.59. The molecule has 0 amide bonds. The number of hydrogen-bond acceptors (Lipinski definition) is 5. The molecule has 72 valence electrons. The minimum Gasteiger partial charge on any atom is -0.744 e. The van der Waals surface area contributed by atoms with Crippen LogP contribution in [0.15, 0.2) is 23.1 Å². The van der Waals surface area contributed by atoms with Crippen molar-refractivity contribution in [2.75, 3.05) is 5.43 Å². The summed E-state index contributed by atoms with van der Waals surface area (Å²) in [6.07, 6.45) is 0. The molecule has 0 radical (unpaired) electrons. The van der Waals surface area contributed by atoms with Gasteiger partial charge in [0.15, 0.2) is 0 Å². The molecule has 0 saturated heterocycles. The van der Waals surface area contributed by atoms with Crippen LogP contribution in [0.2, 0.25) is 5.02 Å². The third-order valence-electron chi connectivity index (χ3n) is 1.38. The Hall–Kier alpha value is 0.180. The van der Waals surface area contributed by atoms with E-state index in [1.807, 2.05) is 0 Å². The van der Waals surface area contributed by atoms with Crippen LogP contribution in [0.4, 0.5) is 5.69 Å². The number of rotatable bonds is 2. The fraction of sp³-hybridized carbons (Fsp3) is 0. The summed E-state index contributed by atoms with van der Waals surface area (Å²) in [5, 5.41) is 0.0828. The van der Waals surface area contributed by atoms with Gasteiger partial charge in [0.25, 0.3) is 0 Å². The number of nitrogens with one attached hydrogen (secondary N) is 1. The topological polar surface area (TPSA) is 95.2 Å². The Morgan fingerprint density at radius 2 is 2.00 bits per heavy atom. The maximum absolute atomic E-state index is 10.5. The van der Waals surface area contributed by atoms with Crippen molar-refractivity contribution in [1.82, 2.24) is 0 Å². The molecule has 0 aromatic heterocycles. The molecule has 1 aromatic carbocycles. The van der Waals surface area contributed by atoms with E-state index < -0.39 is 10.1 Å². The summed E-state index contributed by atoms with van der Waals surface area (Å²) in [6, 6.07) is 3.48. The van der Waals surface area contributed by atoms with Crippen LogP contribution in [-0.4, -0.2) is 13.0 Å². The van der Waals surface area contributed by atoms with Gasteiger partial charge < -0.3 is 9.98 Å². The van der Waals surface area contributed by atoms with Gasteiger partial charge in [-0.25, -0.2) is 8.42 Å². The Labute approximate surface area is 109 Å². The van der Waals surface area contributed by atoms with Crippen LogP contribution in [0, 0.1) is 0 Å². The molecule has 5 nitrogen and oxygen atoms in total. The van der Waals surface area contributed by atoms with Crippen molar-refractivity contribution in [3.63, 3.8) is 0 Å². The van der Waals surface area contributed by atoms with Gasteiger partial charge in [-0.05, 0) is 18.2 Å². The first kappa shape index (κ1) is 14.2. The van der Waals surface area contributed by atoms with Crippen molar-refractivity contribution < 1.29 is 42.5 Å². The quantitative estimate of drug-likeness (QED) is 0.260. The number of hydrazine groups is 1. The second-order valence-electron chi connectivity index (χ2n) is 2.24.